The zero-order valence-electron chi connectivity index (χ0n) is 12.5. The van der Waals surface area contributed by atoms with Gasteiger partial charge in [0, 0.05) is 6.54 Å². The zero-order chi connectivity index (χ0) is 15.9. The lowest BCUT2D eigenvalue weighted by Gasteiger charge is -2.32. The molecular formula is C16H20FNO4. The largest absolute Gasteiger partial charge is 0.466 e. The van der Waals surface area contributed by atoms with Gasteiger partial charge in [-0.05, 0) is 18.9 Å². The lowest BCUT2D eigenvalue weighted by atomic mass is 9.97. The molecule has 0 N–H and O–H groups in total. The van der Waals surface area contributed by atoms with Gasteiger partial charge in [0.05, 0.1) is 19.1 Å². The summed E-state index contributed by atoms with van der Waals surface area (Å²) in [7, 11) is 0. The average Bonchev–Trinajstić information content (AvgIpc) is 2.53. The Hall–Kier alpha value is -2.11. The Labute approximate surface area is 129 Å². The highest BCUT2D eigenvalue weighted by molar-refractivity contribution is 5.75. The number of carbonyl (C=O) groups excluding carboxylic acids is 2. The molecule has 1 saturated heterocycles. The van der Waals surface area contributed by atoms with Crippen LogP contribution in [0.1, 0.15) is 18.9 Å². The van der Waals surface area contributed by atoms with Crippen LogP contribution < -0.4 is 0 Å². The van der Waals surface area contributed by atoms with E-state index in [1.807, 2.05) is 30.3 Å². The number of hydrogen-bond donors (Lipinski definition) is 0. The molecule has 1 heterocycles. The summed E-state index contributed by atoms with van der Waals surface area (Å²) >= 11 is 0. The summed E-state index contributed by atoms with van der Waals surface area (Å²) in [5.74, 6) is -1.10. The summed E-state index contributed by atoms with van der Waals surface area (Å²) in [6, 6.07) is 9.23. The summed E-state index contributed by atoms with van der Waals surface area (Å²) in [4.78, 5) is 25.0. The molecule has 0 bridgehead atoms. The molecule has 0 unspecified atom stereocenters. The van der Waals surface area contributed by atoms with Crippen LogP contribution in [0.2, 0.25) is 0 Å². The van der Waals surface area contributed by atoms with Gasteiger partial charge >= 0.3 is 12.1 Å². The molecule has 22 heavy (non-hydrogen) atoms. The van der Waals surface area contributed by atoms with Gasteiger partial charge in [-0.15, -0.1) is 0 Å². The average molecular weight is 309 g/mol. The van der Waals surface area contributed by atoms with E-state index in [-0.39, 0.29) is 32.7 Å². The predicted molar refractivity (Wildman–Crippen MR) is 77.8 cm³/mol. The van der Waals surface area contributed by atoms with E-state index in [0.717, 1.165) is 5.56 Å². The zero-order valence-corrected chi connectivity index (χ0v) is 12.5. The first-order chi connectivity index (χ1) is 10.6. The Bertz CT molecular complexity index is 508. The molecule has 2 atom stereocenters. The quantitative estimate of drug-likeness (QED) is 0.802. The molecular weight excluding hydrogens is 289 g/mol. The molecule has 1 amide bonds. The van der Waals surface area contributed by atoms with Crippen LogP contribution in [-0.4, -0.2) is 42.8 Å². The molecule has 5 nitrogen and oxygen atoms in total. The monoisotopic (exact) mass is 309 g/mol. The van der Waals surface area contributed by atoms with Gasteiger partial charge in [-0.25, -0.2) is 9.18 Å². The first kappa shape index (κ1) is 16.3. The van der Waals surface area contributed by atoms with Crippen LogP contribution in [0.4, 0.5) is 9.18 Å². The SMILES string of the molecule is CCOC(=O)[C@@H]1C[C@@H](F)CN(C(=O)OCc2ccccc2)C1. The maximum atomic E-state index is 13.8. The molecule has 1 aromatic carbocycles. The Kier molecular flexibility index (Phi) is 5.75. The molecule has 0 saturated carbocycles. The molecule has 1 aliphatic rings. The topological polar surface area (TPSA) is 55.8 Å². The number of halogens is 1. The maximum absolute atomic E-state index is 13.8. The van der Waals surface area contributed by atoms with E-state index in [1.54, 1.807) is 6.92 Å². The van der Waals surface area contributed by atoms with Crippen molar-refractivity contribution in [2.45, 2.75) is 26.1 Å². The van der Waals surface area contributed by atoms with E-state index < -0.39 is 24.2 Å². The number of alkyl halides is 1. The van der Waals surface area contributed by atoms with E-state index in [9.17, 15) is 14.0 Å². The van der Waals surface area contributed by atoms with Crippen molar-refractivity contribution in [1.29, 1.82) is 0 Å². The number of piperidine rings is 1. The van der Waals surface area contributed by atoms with E-state index in [0.29, 0.717) is 0 Å². The molecule has 120 valence electrons. The van der Waals surface area contributed by atoms with Crippen molar-refractivity contribution >= 4 is 12.1 Å². The summed E-state index contributed by atoms with van der Waals surface area (Å²) in [5, 5.41) is 0. The van der Waals surface area contributed by atoms with E-state index in [1.165, 1.54) is 4.90 Å². The molecule has 0 radical (unpaired) electrons. The van der Waals surface area contributed by atoms with Crippen molar-refractivity contribution in [3.63, 3.8) is 0 Å². The number of likely N-dealkylation sites (tertiary alicyclic amines) is 1. The Morgan fingerprint density at radius 1 is 1.23 bits per heavy atom. The maximum Gasteiger partial charge on any atom is 0.410 e. The second-order valence-corrected chi connectivity index (χ2v) is 5.23. The van der Waals surface area contributed by atoms with Crippen LogP contribution in [0.3, 0.4) is 0 Å². The fourth-order valence-corrected chi connectivity index (χ4v) is 2.43. The minimum Gasteiger partial charge on any atom is -0.466 e. The number of hydrogen-bond acceptors (Lipinski definition) is 4. The second-order valence-electron chi connectivity index (χ2n) is 5.23. The lowest BCUT2D eigenvalue weighted by molar-refractivity contribution is -0.150. The highest BCUT2D eigenvalue weighted by Gasteiger charge is 2.35. The van der Waals surface area contributed by atoms with Gasteiger partial charge in [-0.2, -0.15) is 0 Å². The normalized spacial score (nSPS) is 21.3. The fourth-order valence-electron chi connectivity index (χ4n) is 2.43. The smallest absolute Gasteiger partial charge is 0.410 e. The molecule has 1 fully saturated rings. The predicted octanol–water partition coefficient (Wildman–Crippen LogP) is 2.55. The van der Waals surface area contributed by atoms with Gasteiger partial charge in [0.25, 0.3) is 0 Å². The molecule has 0 spiro atoms. The second kappa shape index (κ2) is 7.77. The highest BCUT2D eigenvalue weighted by atomic mass is 19.1. The first-order valence-corrected chi connectivity index (χ1v) is 7.36. The fraction of sp³-hybridized carbons (Fsp3) is 0.500. The minimum absolute atomic E-state index is 0.0521. The Balaban J connectivity index is 1.89. The van der Waals surface area contributed by atoms with Gasteiger partial charge in [0.15, 0.2) is 0 Å². The molecule has 2 rings (SSSR count). The molecule has 0 aromatic heterocycles. The number of carbonyl (C=O) groups is 2. The number of nitrogens with zero attached hydrogens (tertiary/aromatic N) is 1. The van der Waals surface area contributed by atoms with Crippen LogP contribution in [-0.2, 0) is 20.9 Å². The van der Waals surface area contributed by atoms with E-state index >= 15 is 0 Å². The van der Waals surface area contributed by atoms with Crippen molar-refractivity contribution in [2.75, 3.05) is 19.7 Å². The standard InChI is InChI=1S/C16H20FNO4/c1-2-21-15(19)13-8-14(17)10-18(9-13)16(20)22-11-12-6-4-3-5-7-12/h3-7,13-14H,2,8-11H2,1H3/t13-,14-/m1/s1. The van der Waals surface area contributed by atoms with Crippen LogP contribution >= 0.6 is 0 Å². The third-order valence-corrected chi connectivity index (χ3v) is 3.48. The summed E-state index contributed by atoms with van der Waals surface area (Å²) in [6.45, 7) is 2.14. The van der Waals surface area contributed by atoms with Gasteiger partial charge < -0.3 is 14.4 Å². The van der Waals surface area contributed by atoms with Crippen LogP contribution in [0.15, 0.2) is 30.3 Å². The molecule has 1 aromatic rings. The Morgan fingerprint density at radius 3 is 2.64 bits per heavy atom. The van der Waals surface area contributed by atoms with E-state index in [2.05, 4.69) is 0 Å². The van der Waals surface area contributed by atoms with Gasteiger partial charge in [-0.3, -0.25) is 4.79 Å². The number of esters is 1. The van der Waals surface area contributed by atoms with Gasteiger partial charge in [-0.1, -0.05) is 30.3 Å². The number of ether oxygens (including phenoxy) is 2. The van der Waals surface area contributed by atoms with Crippen LogP contribution in [0.25, 0.3) is 0 Å². The van der Waals surface area contributed by atoms with Crippen molar-refractivity contribution in [2.24, 2.45) is 5.92 Å². The third-order valence-electron chi connectivity index (χ3n) is 3.48. The lowest BCUT2D eigenvalue weighted by Crippen LogP contribution is -2.47. The summed E-state index contributed by atoms with van der Waals surface area (Å²) in [5.41, 5.74) is 0.853. The number of rotatable bonds is 4. The van der Waals surface area contributed by atoms with E-state index in [4.69, 9.17) is 9.47 Å². The molecule has 0 aliphatic carbocycles. The highest BCUT2D eigenvalue weighted by Crippen LogP contribution is 2.21. The third kappa shape index (κ3) is 4.44. The van der Waals surface area contributed by atoms with Crippen molar-refractivity contribution in [1.82, 2.24) is 4.90 Å². The molecule has 6 heteroatoms. The molecule has 1 aliphatic heterocycles. The van der Waals surface area contributed by atoms with Crippen LogP contribution in [0.5, 0.6) is 0 Å². The number of amides is 1. The first-order valence-electron chi connectivity index (χ1n) is 7.36. The minimum atomic E-state index is -1.24. The van der Waals surface area contributed by atoms with Crippen molar-refractivity contribution in [3.05, 3.63) is 35.9 Å². The Morgan fingerprint density at radius 2 is 1.95 bits per heavy atom. The van der Waals surface area contributed by atoms with Gasteiger partial charge in [0.2, 0.25) is 0 Å². The summed E-state index contributed by atoms with van der Waals surface area (Å²) in [6.07, 6.45) is -1.77. The van der Waals surface area contributed by atoms with Crippen molar-refractivity contribution in [3.8, 4) is 0 Å². The van der Waals surface area contributed by atoms with Crippen LogP contribution in [0, 0.1) is 5.92 Å². The summed E-state index contributed by atoms with van der Waals surface area (Å²) < 4.78 is 23.8. The number of benzene rings is 1. The van der Waals surface area contributed by atoms with Crippen molar-refractivity contribution < 1.29 is 23.5 Å². The van der Waals surface area contributed by atoms with Gasteiger partial charge in [0.1, 0.15) is 12.8 Å².